The van der Waals surface area contributed by atoms with Crippen LogP contribution in [0.15, 0.2) is 0 Å². The zero-order chi connectivity index (χ0) is 15.5. The van der Waals surface area contributed by atoms with Crippen molar-refractivity contribution >= 4 is 6.09 Å². The highest BCUT2D eigenvalue weighted by molar-refractivity contribution is 5.68. The first kappa shape index (κ1) is 16.6. The molecule has 0 aliphatic carbocycles. The fourth-order valence-corrected chi connectivity index (χ4v) is 3.26. The molecule has 0 atom stereocenters. The van der Waals surface area contributed by atoms with E-state index in [1.54, 1.807) is 4.90 Å². The molecular formula is C16H30N2O3. The Morgan fingerprint density at radius 3 is 2.38 bits per heavy atom. The predicted octanol–water partition coefficient (Wildman–Crippen LogP) is 2.14. The molecular weight excluding hydrogens is 268 g/mol. The van der Waals surface area contributed by atoms with E-state index in [2.05, 4.69) is 5.32 Å². The number of hydrogen-bond donors (Lipinski definition) is 2. The smallest absolute Gasteiger partial charge is 0.410 e. The summed E-state index contributed by atoms with van der Waals surface area (Å²) in [6, 6.07) is 0. The summed E-state index contributed by atoms with van der Waals surface area (Å²) >= 11 is 0. The van der Waals surface area contributed by atoms with Crippen LogP contribution in [0, 0.1) is 5.92 Å². The average molecular weight is 298 g/mol. The van der Waals surface area contributed by atoms with Crippen LogP contribution in [0.25, 0.3) is 0 Å². The molecule has 0 radical (unpaired) electrons. The average Bonchev–Trinajstić information content (AvgIpc) is 2.38. The zero-order valence-electron chi connectivity index (χ0n) is 13.7. The second-order valence-electron chi connectivity index (χ2n) is 7.59. The van der Waals surface area contributed by atoms with E-state index in [0.717, 1.165) is 32.4 Å². The number of carbonyl (C=O) groups excluding carboxylic acids is 1. The Bertz CT molecular complexity index is 351. The lowest BCUT2D eigenvalue weighted by Gasteiger charge is -2.41. The molecule has 21 heavy (non-hydrogen) atoms. The number of rotatable bonds is 2. The molecule has 5 nitrogen and oxygen atoms in total. The van der Waals surface area contributed by atoms with Crippen molar-refractivity contribution in [2.45, 2.75) is 64.1 Å². The molecule has 0 bridgehead atoms. The highest BCUT2D eigenvalue weighted by atomic mass is 16.6. The Morgan fingerprint density at radius 2 is 1.86 bits per heavy atom. The van der Waals surface area contributed by atoms with E-state index >= 15 is 0 Å². The van der Waals surface area contributed by atoms with Gasteiger partial charge in [0, 0.05) is 13.1 Å². The fraction of sp³-hybridized carbons (Fsp3) is 0.938. The van der Waals surface area contributed by atoms with Gasteiger partial charge in [0.15, 0.2) is 0 Å². The number of nitrogens with zero attached hydrogens (tertiary/aromatic N) is 1. The van der Waals surface area contributed by atoms with E-state index in [1.807, 2.05) is 20.8 Å². The molecule has 2 aliphatic rings. The number of carbonyl (C=O) groups is 1. The standard InChI is InChI=1S/C16H30N2O3/c1-15(2,3)21-14(19)18-10-6-16(20,7-11-18)12-13-4-8-17-9-5-13/h13,17,20H,4-12H2,1-3H3. The third-order valence-corrected chi connectivity index (χ3v) is 4.47. The van der Waals surface area contributed by atoms with Crippen LogP contribution in [0.4, 0.5) is 4.79 Å². The normalized spacial score (nSPS) is 23.9. The van der Waals surface area contributed by atoms with E-state index < -0.39 is 11.2 Å². The minimum Gasteiger partial charge on any atom is -0.444 e. The molecule has 0 spiro atoms. The van der Waals surface area contributed by atoms with Crippen molar-refractivity contribution in [2.75, 3.05) is 26.2 Å². The van der Waals surface area contributed by atoms with E-state index in [1.165, 1.54) is 0 Å². The molecule has 2 saturated heterocycles. The highest BCUT2D eigenvalue weighted by Crippen LogP contribution is 2.32. The molecule has 0 saturated carbocycles. The van der Waals surface area contributed by atoms with Crippen LogP contribution in [0.5, 0.6) is 0 Å². The van der Waals surface area contributed by atoms with Crippen LogP contribution in [0.3, 0.4) is 0 Å². The number of nitrogens with one attached hydrogen (secondary N) is 1. The molecule has 2 fully saturated rings. The van der Waals surface area contributed by atoms with Gasteiger partial charge in [-0.25, -0.2) is 4.79 Å². The summed E-state index contributed by atoms with van der Waals surface area (Å²) in [6.07, 6.45) is 4.24. The number of likely N-dealkylation sites (tertiary alicyclic amines) is 1. The summed E-state index contributed by atoms with van der Waals surface area (Å²) in [4.78, 5) is 13.8. The van der Waals surface area contributed by atoms with Crippen LogP contribution in [-0.2, 0) is 4.74 Å². The van der Waals surface area contributed by atoms with Gasteiger partial charge in [-0.15, -0.1) is 0 Å². The number of amides is 1. The van der Waals surface area contributed by atoms with Gasteiger partial charge in [-0.1, -0.05) is 0 Å². The maximum Gasteiger partial charge on any atom is 0.410 e. The number of aliphatic hydroxyl groups is 1. The zero-order valence-corrected chi connectivity index (χ0v) is 13.7. The molecule has 2 heterocycles. The Labute approximate surface area is 128 Å². The first-order valence-corrected chi connectivity index (χ1v) is 8.18. The monoisotopic (exact) mass is 298 g/mol. The van der Waals surface area contributed by atoms with Crippen molar-refractivity contribution in [3.8, 4) is 0 Å². The lowest BCUT2D eigenvalue weighted by Crippen LogP contribution is -2.49. The van der Waals surface area contributed by atoms with Crippen LogP contribution in [0.2, 0.25) is 0 Å². The van der Waals surface area contributed by atoms with Crippen LogP contribution >= 0.6 is 0 Å². The van der Waals surface area contributed by atoms with Crippen molar-refractivity contribution in [3.05, 3.63) is 0 Å². The van der Waals surface area contributed by atoms with E-state index in [-0.39, 0.29) is 6.09 Å². The molecule has 2 rings (SSSR count). The first-order valence-electron chi connectivity index (χ1n) is 8.18. The van der Waals surface area contributed by atoms with Crippen molar-refractivity contribution in [1.29, 1.82) is 0 Å². The first-order chi connectivity index (χ1) is 9.77. The largest absolute Gasteiger partial charge is 0.444 e. The van der Waals surface area contributed by atoms with Gasteiger partial charge in [0.25, 0.3) is 0 Å². The van der Waals surface area contributed by atoms with Gasteiger partial charge < -0.3 is 20.1 Å². The highest BCUT2D eigenvalue weighted by Gasteiger charge is 2.37. The number of hydrogen-bond acceptors (Lipinski definition) is 4. The summed E-state index contributed by atoms with van der Waals surface area (Å²) in [5.41, 5.74) is -1.06. The molecule has 2 N–H and O–H groups in total. The third kappa shape index (κ3) is 5.15. The number of ether oxygens (including phenoxy) is 1. The number of piperidine rings is 2. The predicted molar refractivity (Wildman–Crippen MR) is 82.2 cm³/mol. The van der Waals surface area contributed by atoms with Gasteiger partial charge >= 0.3 is 6.09 Å². The quantitative estimate of drug-likeness (QED) is 0.820. The molecule has 0 aromatic heterocycles. The van der Waals surface area contributed by atoms with Crippen LogP contribution < -0.4 is 5.32 Å². The van der Waals surface area contributed by atoms with Crippen molar-refractivity contribution in [3.63, 3.8) is 0 Å². The van der Waals surface area contributed by atoms with Crippen LogP contribution in [0.1, 0.15) is 52.9 Å². The lowest BCUT2D eigenvalue weighted by atomic mass is 9.80. The van der Waals surface area contributed by atoms with Gasteiger partial charge in [0.1, 0.15) is 5.60 Å². The second kappa shape index (κ2) is 6.53. The second-order valence-corrected chi connectivity index (χ2v) is 7.59. The topological polar surface area (TPSA) is 61.8 Å². The van der Waals surface area contributed by atoms with Gasteiger partial charge in [0.05, 0.1) is 5.60 Å². The molecule has 122 valence electrons. The summed E-state index contributed by atoms with van der Waals surface area (Å²) in [7, 11) is 0. The Hall–Kier alpha value is -0.810. The SMILES string of the molecule is CC(C)(C)OC(=O)N1CCC(O)(CC2CCNCC2)CC1. The molecule has 0 unspecified atom stereocenters. The Balaban J connectivity index is 1.80. The Morgan fingerprint density at radius 1 is 1.29 bits per heavy atom. The maximum absolute atomic E-state index is 12.0. The summed E-state index contributed by atoms with van der Waals surface area (Å²) < 4.78 is 5.39. The van der Waals surface area contributed by atoms with E-state index in [0.29, 0.717) is 31.8 Å². The summed E-state index contributed by atoms with van der Waals surface area (Å²) in [6.45, 7) is 8.94. The Kier molecular flexibility index (Phi) is 5.15. The lowest BCUT2D eigenvalue weighted by molar-refractivity contribution is -0.0472. The van der Waals surface area contributed by atoms with Gasteiger partial charge in [-0.05, 0) is 71.9 Å². The van der Waals surface area contributed by atoms with E-state index in [9.17, 15) is 9.90 Å². The van der Waals surface area contributed by atoms with E-state index in [4.69, 9.17) is 4.74 Å². The minimum absolute atomic E-state index is 0.258. The molecule has 2 aliphatic heterocycles. The molecule has 0 aromatic rings. The maximum atomic E-state index is 12.0. The van der Waals surface area contributed by atoms with Gasteiger partial charge in [-0.2, -0.15) is 0 Å². The van der Waals surface area contributed by atoms with Crippen molar-refractivity contribution in [1.82, 2.24) is 10.2 Å². The van der Waals surface area contributed by atoms with Gasteiger partial charge in [-0.3, -0.25) is 0 Å². The molecule has 0 aromatic carbocycles. The summed E-state index contributed by atoms with van der Waals surface area (Å²) in [5, 5.41) is 14.1. The van der Waals surface area contributed by atoms with Gasteiger partial charge in [0.2, 0.25) is 0 Å². The summed E-state index contributed by atoms with van der Waals surface area (Å²) in [5.74, 6) is 0.615. The molecule has 1 amide bonds. The molecule has 5 heteroatoms. The van der Waals surface area contributed by atoms with Crippen molar-refractivity contribution in [2.24, 2.45) is 5.92 Å². The van der Waals surface area contributed by atoms with Crippen LogP contribution in [-0.4, -0.2) is 53.5 Å². The third-order valence-electron chi connectivity index (χ3n) is 4.47. The fourth-order valence-electron chi connectivity index (χ4n) is 3.26. The minimum atomic E-state index is -0.597. The van der Waals surface area contributed by atoms with Crippen molar-refractivity contribution < 1.29 is 14.6 Å².